The van der Waals surface area contributed by atoms with Crippen LogP contribution in [0.15, 0.2) is 54.9 Å². The second-order valence-corrected chi connectivity index (χ2v) is 7.68. The Morgan fingerprint density at radius 2 is 2.03 bits per heavy atom. The van der Waals surface area contributed by atoms with Crippen LogP contribution in [0, 0.1) is 0 Å². The number of halogens is 1. The highest BCUT2D eigenvalue weighted by Crippen LogP contribution is 2.38. The van der Waals surface area contributed by atoms with Gasteiger partial charge in [-0.15, -0.1) is 0 Å². The fourth-order valence-electron chi connectivity index (χ4n) is 3.66. The van der Waals surface area contributed by atoms with Gasteiger partial charge in [0.1, 0.15) is 5.69 Å². The van der Waals surface area contributed by atoms with Gasteiger partial charge in [-0.2, -0.15) is 0 Å². The third-order valence-corrected chi connectivity index (χ3v) is 5.29. The van der Waals surface area contributed by atoms with E-state index in [1.165, 1.54) is 0 Å². The highest BCUT2D eigenvalue weighted by molar-refractivity contribution is 6.30. The van der Waals surface area contributed by atoms with Crippen LogP contribution in [0.1, 0.15) is 35.1 Å². The first-order chi connectivity index (χ1) is 14.0. The molecule has 3 heterocycles. The number of pyridine rings is 1. The first-order valence-corrected chi connectivity index (χ1v) is 9.94. The lowest BCUT2D eigenvalue weighted by atomic mass is 9.99. The topological polar surface area (TPSA) is 62.2 Å². The summed E-state index contributed by atoms with van der Waals surface area (Å²) in [5, 5.41) is 0.651. The molecule has 1 atom stereocenters. The highest BCUT2D eigenvalue weighted by Gasteiger charge is 2.34. The Morgan fingerprint density at radius 1 is 1.17 bits per heavy atom. The van der Waals surface area contributed by atoms with Crippen molar-refractivity contribution in [3.8, 4) is 11.1 Å². The molecule has 1 aliphatic heterocycles. The number of carbonyl (C=O) groups excluding carboxylic acids is 1. The maximum absolute atomic E-state index is 13.1. The summed E-state index contributed by atoms with van der Waals surface area (Å²) in [6.45, 7) is 0.677. The van der Waals surface area contributed by atoms with Gasteiger partial charge in [-0.05, 0) is 42.7 Å². The van der Waals surface area contributed by atoms with Crippen molar-refractivity contribution in [2.45, 2.75) is 18.9 Å². The minimum absolute atomic E-state index is 0.0739. The molecule has 1 fully saturated rings. The summed E-state index contributed by atoms with van der Waals surface area (Å²) in [5.74, 6) is 0.540. The maximum Gasteiger partial charge on any atom is 0.273 e. The molecule has 1 amide bonds. The number of benzene rings is 1. The zero-order chi connectivity index (χ0) is 20.4. The van der Waals surface area contributed by atoms with Crippen molar-refractivity contribution in [3.05, 3.63) is 71.3 Å². The Hall–Kier alpha value is -2.99. The molecule has 4 rings (SSSR count). The van der Waals surface area contributed by atoms with Crippen molar-refractivity contribution in [1.82, 2.24) is 19.9 Å². The molecule has 7 heteroatoms. The van der Waals surface area contributed by atoms with Crippen LogP contribution in [0.2, 0.25) is 5.02 Å². The van der Waals surface area contributed by atoms with Gasteiger partial charge in [0.25, 0.3) is 5.91 Å². The smallest absolute Gasteiger partial charge is 0.273 e. The maximum atomic E-state index is 13.1. The van der Waals surface area contributed by atoms with Gasteiger partial charge in [-0.1, -0.05) is 29.8 Å². The summed E-state index contributed by atoms with van der Waals surface area (Å²) in [6, 6.07) is 12.9. The standard InChI is InChI=1S/C22H22ClN5O/c1-27(2)22-25-14-17(15-7-5-8-16(23)13-15)20(26-22)19-10-6-12-28(19)21(29)18-9-3-4-11-24-18/h3-5,7-9,11,13-14,19H,6,10,12H2,1-2H3/t19-/m0/s1. The van der Waals surface area contributed by atoms with Crippen LogP contribution < -0.4 is 4.90 Å². The third kappa shape index (κ3) is 3.93. The van der Waals surface area contributed by atoms with E-state index in [1.807, 2.05) is 66.5 Å². The molecular formula is C22H22ClN5O. The fourth-order valence-corrected chi connectivity index (χ4v) is 3.85. The summed E-state index contributed by atoms with van der Waals surface area (Å²) in [5.41, 5.74) is 3.12. The minimum atomic E-state index is -0.139. The first kappa shape index (κ1) is 19.3. The zero-order valence-electron chi connectivity index (χ0n) is 16.4. The second kappa shape index (κ2) is 8.17. The van der Waals surface area contributed by atoms with Gasteiger partial charge in [-0.25, -0.2) is 9.97 Å². The molecule has 6 nitrogen and oxygen atoms in total. The summed E-state index contributed by atoms with van der Waals surface area (Å²) in [6.07, 6.45) is 5.23. The van der Waals surface area contributed by atoms with Crippen LogP contribution in [0.3, 0.4) is 0 Å². The van der Waals surface area contributed by atoms with E-state index in [2.05, 4.69) is 9.97 Å². The Labute approximate surface area is 175 Å². The van der Waals surface area contributed by atoms with E-state index in [-0.39, 0.29) is 11.9 Å². The van der Waals surface area contributed by atoms with Crippen LogP contribution >= 0.6 is 11.6 Å². The SMILES string of the molecule is CN(C)c1ncc(-c2cccc(Cl)c2)c([C@@H]2CCCN2C(=O)c2ccccn2)n1. The number of hydrogen-bond donors (Lipinski definition) is 0. The lowest BCUT2D eigenvalue weighted by molar-refractivity contribution is 0.0727. The molecule has 3 aromatic rings. The van der Waals surface area contributed by atoms with E-state index in [0.717, 1.165) is 29.7 Å². The van der Waals surface area contributed by atoms with E-state index >= 15 is 0 Å². The molecule has 0 N–H and O–H groups in total. The van der Waals surface area contributed by atoms with Crippen molar-refractivity contribution in [3.63, 3.8) is 0 Å². The van der Waals surface area contributed by atoms with Gasteiger partial charge < -0.3 is 9.80 Å². The van der Waals surface area contributed by atoms with E-state index in [4.69, 9.17) is 16.6 Å². The largest absolute Gasteiger partial charge is 0.347 e. The lowest BCUT2D eigenvalue weighted by Crippen LogP contribution is -2.32. The summed E-state index contributed by atoms with van der Waals surface area (Å²) < 4.78 is 0. The van der Waals surface area contributed by atoms with Crippen LogP contribution in [0.25, 0.3) is 11.1 Å². The number of amides is 1. The van der Waals surface area contributed by atoms with E-state index in [1.54, 1.807) is 12.3 Å². The summed E-state index contributed by atoms with van der Waals surface area (Å²) >= 11 is 6.23. The number of hydrogen-bond acceptors (Lipinski definition) is 5. The molecule has 0 spiro atoms. The average Bonchev–Trinajstić information content (AvgIpc) is 3.23. The van der Waals surface area contributed by atoms with Crippen molar-refractivity contribution < 1.29 is 4.79 Å². The third-order valence-electron chi connectivity index (χ3n) is 5.05. The predicted molar refractivity (Wildman–Crippen MR) is 114 cm³/mol. The molecule has 0 radical (unpaired) electrons. The van der Waals surface area contributed by atoms with Crippen molar-refractivity contribution in [2.24, 2.45) is 0 Å². The molecule has 0 saturated carbocycles. The molecule has 1 aromatic carbocycles. The van der Waals surface area contributed by atoms with Crippen molar-refractivity contribution in [2.75, 3.05) is 25.5 Å². The monoisotopic (exact) mass is 407 g/mol. The van der Waals surface area contributed by atoms with Crippen LogP contribution in [0.4, 0.5) is 5.95 Å². The molecular weight excluding hydrogens is 386 g/mol. The number of rotatable bonds is 4. The van der Waals surface area contributed by atoms with Gasteiger partial charge in [0.2, 0.25) is 5.95 Å². The molecule has 29 heavy (non-hydrogen) atoms. The van der Waals surface area contributed by atoms with Gasteiger partial charge >= 0.3 is 0 Å². The quantitative estimate of drug-likeness (QED) is 0.647. The van der Waals surface area contributed by atoms with Crippen LogP contribution in [0.5, 0.6) is 0 Å². The second-order valence-electron chi connectivity index (χ2n) is 7.25. The Bertz CT molecular complexity index is 1020. The van der Waals surface area contributed by atoms with Gasteiger partial charge in [0.05, 0.1) is 11.7 Å². The number of likely N-dealkylation sites (tertiary alicyclic amines) is 1. The van der Waals surface area contributed by atoms with E-state index < -0.39 is 0 Å². The average molecular weight is 408 g/mol. The van der Waals surface area contributed by atoms with Crippen molar-refractivity contribution >= 4 is 23.5 Å². The number of nitrogens with zero attached hydrogens (tertiary/aromatic N) is 5. The van der Waals surface area contributed by atoms with Crippen LogP contribution in [-0.2, 0) is 0 Å². The molecule has 1 saturated heterocycles. The number of anilines is 1. The zero-order valence-corrected chi connectivity index (χ0v) is 17.2. The predicted octanol–water partition coefficient (Wildman–Crippen LogP) is 4.24. The molecule has 0 bridgehead atoms. The number of aromatic nitrogens is 3. The fraction of sp³-hybridized carbons (Fsp3) is 0.273. The van der Waals surface area contributed by atoms with Gasteiger partial charge in [0, 0.05) is 43.6 Å². The van der Waals surface area contributed by atoms with Gasteiger partial charge in [0.15, 0.2) is 0 Å². The highest BCUT2D eigenvalue weighted by atomic mass is 35.5. The Balaban J connectivity index is 1.79. The van der Waals surface area contributed by atoms with Crippen molar-refractivity contribution in [1.29, 1.82) is 0 Å². The Morgan fingerprint density at radius 3 is 2.76 bits per heavy atom. The molecule has 2 aromatic heterocycles. The summed E-state index contributed by atoms with van der Waals surface area (Å²) in [4.78, 5) is 30.5. The molecule has 148 valence electrons. The Kier molecular flexibility index (Phi) is 5.45. The summed E-state index contributed by atoms with van der Waals surface area (Å²) in [7, 11) is 3.81. The van der Waals surface area contributed by atoms with E-state index in [0.29, 0.717) is 23.2 Å². The van der Waals surface area contributed by atoms with E-state index in [9.17, 15) is 4.79 Å². The normalized spacial score (nSPS) is 16.1. The van der Waals surface area contributed by atoms with Gasteiger partial charge in [-0.3, -0.25) is 9.78 Å². The van der Waals surface area contributed by atoms with Crippen LogP contribution in [-0.4, -0.2) is 46.4 Å². The number of carbonyl (C=O) groups is 1. The molecule has 0 unspecified atom stereocenters. The first-order valence-electron chi connectivity index (χ1n) is 9.57. The molecule has 1 aliphatic rings. The lowest BCUT2D eigenvalue weighted by Gasteiger charge is -2.26. The molecule has 0 aliphatic carbocycles. The minimum Gasteiger partial charge on any atom is -0.347 e.